The van der Waals surface area contributed by atoms with E-state index in [2.05, 4.69) is 28.2 Å². The van der Waals surface area contributed by atoms with E-state index in [1.54, 1.807) is 0 Å². The topological polar surface area (TPSA) is 29.9 Å². The Labute approximate surface area is 89.3 Å². The van der Waals surface area contributed by atoms with E-state index < -0.39 is 0 Å². The number of nitrogens with one attached hydrogen (secondary N) is 1. The molecule has 0 aromatic carbocycles. The van der Waals surface area contributed by atoms with Gasteiger partial charge in [0, 0.05) is 31.6 Å². The van der Waals surface area contributed by atoms with E-state index in [0.717, 1.165) is 18.3 Å². The average Bonchev–Trinajstić information content (AvgIpc) is 2.78. The van der Waals surface area contributed by atoms with E-state index in [1.165, 1.54) is 24.3 Å². The highest BCUT2D eigenvalue weighted by atomic mass is 32.2. The standard InChI is InChI=1S/C10H17N3S/c1-13-9(4-5-12-13)7-11-8-10-3-2-6-14-10/h4-5,10-11H,2-3,6-8H2,1H3. The van der Waals surface area contributed by atoms with Gasteiger partial charge in [-0.25, -0.2) is 0 Å². The van der Waals surface area contributed by atoms with Crippen LogP contribution in [0.3, 0.4) is 0 Å². The smallest absolute Gasteiger partial charge is 0.0518 e. The number of hydrogen-bond acceptors (Lipinski definition) is 3. The maximum atomic E-state index is 4.14. The molecule has 4 heteroatoms. The summed E-state index contributed by atoms with van der Waals surface area (Å²) in [6.45, 7) is 2.07. The summed E-state index contributed by atoms with van der Waals surface area (Å²) in [7, 11) is 1.99. The molecule has 0 amide bonds. The Bertz CT molecular complexity index is 279. The summed E-state index contributed by atoms with van der Waals surface area (Å²) in [5.41, 5.74) is 1.26. The second-order valence-electron chi connectivity index (χ2n) is 3.71. The molecule has 0 bridgehead atoms. The first-order valence-corrected chi connectivity index (χ1v) is 6.20. The van der Waals surface area contributed by atoms with Crippen LogP contribution in [0.15, 0.2) is 12.3 Å². The predicted octanol–water partition coefficient (Wildman–Crippen LogP) is 1.41. The largest absolute Gasteiger partial charge is 0.310 e. The number of aryl methyl sites for hydroxylation is 1. The molecule has 1 aromatic rings. The molecule has 78 valence electrons. The minimum atomic E-state index is 0.836. The third-order valence-electron chi connectivity index (χ3n) is 2.62. The highest BCUT2D eigenvalue weighted by molar-refractivity contribution is 8.00. The Morgan fingerprint density at radius 3 is 3.29 bits per heavy atom. The summed E-state index contributed by atoms with van der Waals surface area (Å²) < 4.78 is 1.93. The molecule has 0 aliphatic carbocycles. The zero-order valence-corrected chi connectivity index (χ0v) is 9.39. The first kappa shape index (κ1) is 10.1. The van der Waals surface area contributed by atoms with E-state index in [0.29, 0.717) is 0 Å². The molecule has 0 spiro atoms. The van der Waals surface area contributed by atoms with Crippen molar-refractivity contribution in [2.24, 2.45) is 7.05 Å². The van der Waals surface area contributed by atoms with Crippen LogP contribution in [-0.4, -0.2) is 27.3 Å². The number of thioether (sulfide) groups is 1. The van der Waals surface area contributed by atoms with Crippen molar-refractivity contribution in [2.75, 3.05) is 12.3 Å². The van der Waals surface area contributed by atoms with Crippen LogP contribution in [0.4, 0.5) is 0 Å². The van der Waals surface area contributed by atoms with Gasteiger partial charge in [0.15, 0.2) is 0 Å². The minimum absolute atomic E-state index is 0.836. The third kappa shape index (κ3) is 2.51. The van der Waals surface area contributed by atoms with E-state index in [1.807, 2.05) is 17.9 Å². The molecule has 1 unspecified atom stereocenters. The predicted molar refractivity (Wildman–Crippen MR) is 60.4 cm³/mol. The Hall–Kier alpha value is -0.480. The molecule has 1 aromatic heterocycles. The Morgan fingerprint density at radius 1 is 1.71 bits per heavy atom. The quantitative estimate of drug-likeness (QED) is 0.816. The van der Waals surface area contributed by atoms with Crippen LogP contribution in [0, 0.1) is 0 Å². The van der Waals surface area contributed by atoms with Crippen molar-refractivity contribution >= 4 is 11.8 Å². The molecule has 2 rings (SSSR count). The molecule has 1 fully saturated rings. The van der Waals surface area contributed by atoms with Gasteiger partial charge in [0.25, 0.3) is 0 Å². The number of aromatic nitrogens is 2. The summed E-state index contributed by atoms with van der Waals surface area (Å²) >= 11 is 2.10. The van der Waals surface area contributed by atoms with Gasteiger partial charge < -0.3 is 5.32 Å². The van der Waals surface area contributed by atoms with Gasteiger partial charge in [0.2, 0.25) is 0 Å². The zero-order valence-electron chi connectivity index (χ0n) is 8.57. The molecular formula is C10H17N3S. The number of rotatable bonds is 4. The summed E-state index contributed by atoms with van der Waals surface area (Å²) in [6.07, 6.45) is 4.62. The van der Waals surface area contributed by atoms with Crippen LogP contribution in [0.5, 0.6) is 0 Å². The van der Waals surface area contributed by atoms with Gasteiger partial charge in [-0.3, -0.25) is 4.68 Å². The van der Waals surface area contributed by atoms with Gasteiger partial charge in [0.1, 0.15) is 0 Å². The maximum Gasteiger partial charge on any atom is 0.0518 e. The maximum absolute atomic E-state index is 4.14. The fraction of sp³-hybridized carbons (Fsp3) is 0.700. The monoisotopic (exact) mass is 211 g/mol. The molecule has 14 heavy (non-hydrogen) atoms. The summed E-state index contributed by atoms with van der Waals surface area (Å²) in [5, 5.41) is 8.46. The lowest BCUT2D eigenvalue weighted by atomic mass is 10.2. The van der Waals surface area contributed by atoms with Gasteiger partial charge in [-0.05, 0) is 24.7 Å². The van der Waals surface area contributed by atoms with Gasteiger partial charge in [-0.1, -0.05) is 0 Å². The second-order valence-corrected chi connectivity index (χ2v) is 5.12. The first-order chi connectivity index (χ1) is 6.86. The van der Waals surface area contributed by atoms with Crippen LogP contribution in [0.1, 0.15) is 18.5 Å². The van der Waals surface area contributed by atoms with Gasteiger partial charge in [0.05, 0.1) is 5.69 Å². The van der Waals surface area contributed by atoms with Crippen molar-refractivity contribution in [1.82, 2.24) is 15.1 Å². The number of hydrogen-bond donors (Lipinski definition) is 1. The molecule has 3 nitrogen and oxygen atoms in total. The highest BCUT2D eigenvalue weighted by Crippen LogP contribution is 2.25. The fourth-order valence-electron chi connectivity index (χ4n) is 1.74. The lowest BCUT2D eigenvalue weighted by Gasteiger charge is -2.09. The first-order valence-electron chi connectivity index (χ1n) is 5.15. The zero-order chi connectivity index (χ0) is 9.80. The van der Waals surface area contributed by atoms with E-state index in [9.17, 15) is 0 Å². The molecule has 0 radical (unpaired) electrons. The third-order valence-corrected chi connectivity index (χ3v) is 4.02. The summed E-state index contributed by atoms with van der Waals surface area (Å²) in [5.74, 6) is 1.35. The van der Waals surface area contributed by atoms with E-state index in [-0.39, 0.29) is 0 Å². The SMILES string of the molecule is Cn1nccc1CNCC1CCCS1. The van der Waals surface area contributed by atoms with Gasteiger partial charge in [-0.2, -0.15) is 16.9 Å². The normalized spacial score (nSPS) is 21.6. The van der Waals surface area contributed by atoms with Crippen LogP contribution in [0.2, 0.25) is 0 Å². The molecule has 1 N–H and O–H groups in total. The van der Waals surface area contributed by atoms with Crippen LogP contribution in [-0.2, 0) is 13.6 Å². The Kier molecular flexibility index (Phi) is 3.48. The fourth-order valence-corrected chi connectivity index (χ4v) is 2.98. The second kappa shape index (κ2) is 4.84. The van der Waals surface area contributed by atoms with E-state index >= 15 is 0 Å². The lowest BCUT2D eigenvalue weighted by Crippen LogP contribution is -2.23. The van der Waals surface area contributed by atoms with Crippen LogP contribution >= 0.6 is 11.8 Å². The average molecular weight is 211 g/mol. The lowest BCUT2D eigenvalue weighted by molar-refractivity contribution is 0.606. The molecule has 1 saturated heterocycles. The van der Waals surface area contributed by atoms with Gasteiger partial charge >= 0.3 is 0 Å². The molecule has 1 atom stereocenters. The van der Waals surface area contributed by atoms with Crippen LogP contribution < -0.4 is 5.32 Å². The Morgan fingerprint density at radius 2 is 2.64 bits per heavy atom. The van der Waals surface area contributed by atoms with Crippen molar-refractivity contribution in [3.8, 4) is 0 Å². The van der Waals surface area contributed by atoms with Gasteiger partial charge in [-0.15, -0.1) is 0 Å². The molecule has 2 heterocycles. The van der Waals surface area contributed by atoms with Crippen molar-refractivity contribution in [2.45, 2.75) is 24.6 Å². The molecular weight excluding hydrogens is 194 g/mol. The molecule has 1 aliphatic rings. The van der Waals surface area contributed by atoms with Crippen molar-refractivity contribution in [3.63, 3.8) is 0 Å². The van der Waals surface area contributed by atoms with E-state index in [4.69, 9.17) is 0 Å². The van der Waals surface area contributed by atoms with Crippen molar-refractivity contribution < 1.29 is 0 Å². The van der Waals surface area contributed by atoms with Crippen molar-refractivity contribution in [1.29, 1.82) is 0 Å². The highest BCUT2D eigenvalue weighted by Gasteiger charge is 2.14. The molecule has 0 saturated carbocycles. The minimum Gasteiger partial charge on any atom is -0.310 e. The van der Waals surface area contributed by atoms with Crippen molar-refractivity contribution in [3.05, 3.63) is 18.0 Å². The van der Waals surface area contributed by atoms with Crippen LogP contribution in [0.25, 0.3) is 0 Å². The molecule has 1 aliphatic heterocycles. The Balaban J connectivity index is 1.70. The summed E-state index contributed by atoms with van der Waals surface area (Å²) in [6, 6.07) is 2.06. The summed E-state index contributed by atoms with van der Waals surface area (Å²) in [4.78, 5) is 0. The number of nitrogens with zero attached hydrogens (tertiary/aromatic N) is 2.